The van der Waals surface area contributed by atoms with Gasteiger partial charge in [0.05, 0.1) is 11.3 Å². The van der Waals surface area contributed by atoms with E-state index in [4.69, 9.17) is 5.11 Å². The van der Waals surface area contributed by atoms with Gasteiger partial charge in [0.1, 0.15) is 5.75 Å². The van der Waals surface area contributed by atoms with Crippen molar-refractivity contribution in [3.05, 3.63) is 23.8 Å². The number of phenols is 1. The van der Waals surface area contributed by atoms with Crippen molar-refractivity contribution in [1.82, 2.24) is 5.32 Å². The molecule has 1 rings (SSSR count). The Labute approximate surface area is 121 Å². The van der Waals surface area contributed by atoms with Crippen molar-refractivity contribution in [3.63, 3.8) is 0 Å². The quantitative estimate of drug-likeness (QED) is 0.457. The van der Waals surface area contributed by atoms with E-state index >= 15 is 0 Å². The van der Waals surface area contributed by atoms with E-state index in [1.165, 1.54) is 12.1 Å². The largest absolute Gasteiger partial charge is 0.506 e. The predicted molar refractivity (Wildman–Crippen MR) is 79.7 cm³/mol. The number of hydrogen-bond acceptors (Lipinski definition) is 4. The van der Waals surface area contributed by atoms with E-state index in [1.54, 1.807) is 11.8 Å². The van der Waals surface area contributed by atoms with Crippen LogP contribution in [0.2, 0.25) is 0 Å². The molecule has 0 saturated carbocycles. The smallest absolute Gasteiger partial charge is 0.335 e. The Morgan fingerprint density at radius 3 is 2.65 bits per heavy atom. The van der Waals surface area contributed by atoms with Gasteiger partial charge in [-0.15, -0.1) is 0 Å². The highest BCUT2D eigenvalue weighted by atomic mass is 32.2. The maximum absolute atomic E-state index is 11.6. The minimum atomic E-state index is -1.13. The number of carboxylic acids is 1. The Morgan fingerprint density at radius 2 is 2.05 bits per heavy atom. The van der Waals surface area contributed by atoms with Gasteiger partial charge in [0.2, 0.25) is 0 Å². The van der Waals surface area contributed by atoms with Crippen LogP contribution in [-0.2, 0) is 0 Å². The zero-order valence-electron chi connectivity index (χ0n) is 11.2. The lowest BCUT2D eigenvalue weighted by atomic mass is 10.2. The second-order valence-electron chi connectivity index (χ2n) is 4.12. The summed E-state index contributed by atoms with van der Waals surface area (Å²) in [4.78, 5) is 22.3. The van der Waals surface area contributed by atoms with Crippen LogP contribution in [0, 0.1) is 0 Å². The lowest BCUT2D eigenvalue weighted by Crippen LogP contribution is -2.29. The molecule has 110 valence electrons. The van der Waals surface area contributed by atoms with E-state index in [1.807, 2.05) is 6.26 Å². The number of phenolic OH excluding ortho intramolecular Hbond substituents is 1. The van der Waals surface area contributed by atoms with Crippen LogP contribution in [0.5, 0.6) is 5.75 Å². The normalized spacial score (nSPS) is 10.1. The van der Waals surface area contributed by atoms with Crippen molar-refractivity contribution < 1.29 is 19.8 Å². The predicted octanol–water partition coefficient (Wildman–Crippen LogP) is 2.36. The summed E-state index contributed by atoms with van der Waals surface area (Å²) in [6, 6.07) is 3.34. The highest BCUT2D eigenvalue weighted by Gasteiger charge is 2.09. The highest BCUT2D eigenvalue weighted by Crippen LogP contribution is 2.24. The molecule has 1 aromatic rings. The molecule has 0 aromatic heterocycles. The first-order chi connectivity index (χ1) is 9.54. The number of unbranched alkanes of at least 4 members (excludes halogenated alkanes) is 1. The molecule has 0 unspecified atom stereocenters. The number of hydrogen-bond donors (Lipinski definition) is 4. The molecule has 20 heavy (non-hydrogen) atoms. The van der Waals surface area contributed by atoms with Crippen LogP contribution in [0.25, 0.3) is 0 Å². The number of urea groups is 1. The summed E-state index contributed by atoms with van der Waals surface area (Å²) in [7, 11) is 0. The lowest BCUT2D eigenvalue weighted by molar-refractivity contribution is 0.0696. The number of nitrogens with one attached hydrogen (secondary N) is 2. The fourth-order valence-corrected chi connectivity index (χ4v) is 2.00. The van der Waals surface area contributed by atoms with Crippen LogP contribution in [0.4, 0.5) is 10.5 Å². The maximum Gasteiger partial charge on any atom is 0.335 e. The zero-order valence-corrected chi connectivity index (χ0v) is 12.0. The maximum atomic E-state index is 11.6. The van der Waals surface area contributed by atoms with Gasteiger partial charge in [0.25, 0.3) is 0 Å². The number of carboxylic acid groups (broad SMARTS) is 1. The van der Waals surface area contributed by atoms with Gasteiger partial charge >= 0.3 is 12.0 Å². The zero-order chi connectivity index (χ0) is 15.0. The van der Waals surface area contributed by atoms with Crippen molar-refractivity contribution in [2.75, 3.05) is 23.9 Å². The molecule has 0 bridgehead atoms. The van der Waals surface area contributed by atoms with Crippen LogP contribution in [0.15, 0.2) is 18.2 Å². The molecule has 6 nitrogen and oxygen atoms in total. The monoisotopic (exact) mass is 298 g/mol. The van der Waals surface area contributed by atoms with Gasteiger partial charge < -0.3 is 20.8 Å². The Hall–Kier alpha value is -1.89. The minimum absolute atomic E-state index is 0.0366. The molecule has 0 fully saturated rings. The van der Waals surface area contributed by atoms with E-state index in [0.717, 1.165) is 24.7 Å². The number of aromatic carboxylic acids is 1. The first-order valence-corrected chi connectivity index (χ1v) is 7.54. The molecule has 0 aliphatic carbocycles. The van der Waals surface area contributed by atoms with E-state index in [0.29, 0.717) is 6.54 Å². The molecule has 0 saturated heterocycles. The van der Waals surface area contributed by atoms with Crippen molar-refractivity contribution in [2.24, 2.45) is 0 Å². The molecule has 0 radical (unpaired) electrons. The van der Waals surface area contributed by atoms with Crippen LogP contribution in [-0.4, -0.2) is 40.8 Å². The number of carbonyl (C=O) groups is 2. The average molecular weight is 298 g/mol. The van der Waals surface area contributed by atoms with Crippen LogP contribution >= 0.6 is 11.8 Å². The van der Waals surface area contributed by atoms with E-state index < -0.39 is 12.0 Å². The van der Waals surface area contributed by atoms with Gasteiger partial charge in [-0.25, -0.2) is 9.59 Å². The second-order valence-corrected chi connectivity index (χ2v) is 5.10. The van der Waals surface area contributed by atoms with E-state index in [-0.39, 0.29) is 17.0 Å². The summed E-state index contributed by atoms with van der Waals surface area (Å²) >= 11 is 1.76. The van der Waals surface area contributed by atoms with E-state index in [2.05, 4.69) is 10.6 Å². The SMILES string of the molecule is CSCCCCNC(=O)Nc1ccc(C(=O)O)cc1O. The molecule has 0 heterocycles. The van der Waals surface area contributed by atoms with Gasteiger partial charge in [-0.05, 0) is 43.0 Å². The fraction of sp³-hybridized carbons (Fsp3) is 0.385. The Morgan fingerprint density at radius 1 is 1.30 bits per heavy atom. The molecule has 0 aliphatic heterocycles. The lowest BCUT2D eigenvalue weighted by Gasteiger charge is -2.09. The molecule has 0 spiro atoms. The molecular weight excluding hydrogens is 280 g/mol. The third-order valence-electron chi connectivity index (χ3n) is 2.55. The summed E-state index contributed by atoms with van der Waals surface area (Å²) in [5.41, 5.74) is 0.141. The van der Waals surface area contributed by atoms with Gasteiger partial charge in [-0.1, -0.05) is 0 Å². The first kappa shape index (κ1) is 16.2. The fourth-order valence-electron chi connectivity index (χ4n) is 1.51. The summed E-state index contributed by atoms with van der Waals surface area (Å²) in [6.07, 6.45) is 3.95. The van der Waals surface area contributed by atoms with Crippen molar-refractivity contribution in [3.8, 4) is 5.75 Å². The number of benzene rings is 1. The number of thioether (sulfide) groups is 1. The Bertz CT molecular complexity index is 479. The van der Waals surface area contributed by atoms with Gasteiger partial charge in [-0.3, -0.25) is 0 Å². The van der Waals surface area contributed by atoms with Crippen molar-refractivity contribution in [2.45, 2.75) is 12.8 Å². The number of carbonyl (C=O) groups excluding carboxylic acids is 1. The molecule has 0 atom stereocenters. The molecule has 1 aromatic carbocycles. The molecule has 7 heteroatoms. The third-order valence-corrected chi connectivity index (χ3v) is 3.25. The minimum Gasteiger partial charge on any atom is -0.506 e. The Kier molecular flexibility index (Phi) is 6.72. The molecular formula is C13H18N2O4S. The number of anilines is 1. The average Bonchev–Trinajstić information content (AvgIpc) is 2.40. The van der Waals surface area contributed by atoms with E-state index in [9.17, 15) is 14.7 Å². The highest BCUT2D eigenvalue weighted by molar-refractivity contribution is 7.98. The summed E-state index contributed by atoms with van der Waals surface area (Å²) in [5.74, 6) is -0.353. The Balaban J connectivity index is 2.44. The molecule has 0 aliphatic rings. The third kappa shape index (κ3) is 5.40. The number of rotatable bonds is 7. The molecule has 4 N–H and O–H groups in total. The second kappa shape index (κ2) is 8.31. The number of amides is 2. The topological polar surface area (TPSA) is 98.7 Å². The van der Waals surface area contributed by atoms with Crippen molar-refractivity contribution in [1.29, 1.82) is 0 Å². The van der Waals surface area contributed by atoms with Crippen LogP contribution < -0.4 is 10.6 Å². The standard InChI is InChI=1S/C13H18N2O4S/c1-20-7-3-2-6-14-13(19)15-10-5-4-9(12(17)18)8-11(10)16/h4-5,8,16H,2-3,6-7H2,1H3,(H,17,18)(H2,14,15,19). The van der Waals surface area contributed by atoms with Gasteiger partial charge in [0, 0.05) is 6.54 Å². The summed E-state index contributed by atoms with van der Waals surface area (Å²) in [5, 5.41) is 23.5. The molecule has 2 amide bonds. The summed E-state index contributed by atoms with van der Waals surface area (Å²) in [6.45, 7) is 0.556. The number of aromatic hydroxyl groups is 1. The first-order valence-electron chi connectivity index (χ1n) is 6.14. The van der Waals surface area contributed by atoms with Crippen LogP contribution in [0.1, 0.15) is 23.2 Å². The van der Waals surface area contributed by atoms with Gasteiger partial charge in [-0.2, -0.15) is 11.8 Å². The summed E-state index contributed by atoms with van der Waals surface area (Å²) < 4.78 is 0. The van der Waals surface area contributed by atoms with Crippen molar-refractivity contribution >= 4 is 29.4 Å². The van der Waals surface area contributed by atoms with Crippen LogP contribution in [0.3, 0.4) is 0 Å². The van der Waals surface area contributed by atoms with Gasteiger partial charge in [0.15, 0.2) is 0 Å².